The van der Waals surface area contributed by atoms with Gasteiger partial charge in [-0.05, 0) is 12.1 Å². The molecule has 0 aromatic carbocycles. The van der Waals surface area contributed by atoms with Crippen LogP contribution in [0.15, 0.2) is 17.5 Å². The Balaban J connectivity index is 2.59. The van der Waals surface area contributed by atoms with Gasteiger partial charge in [-0.25, -0.2) is 4.79 Å². The topological polar surface area (TPSA) is 95.5 Å². The molecule has 0 atom stereocenters. The van der Waals surface area contributed by atoms with Crippen LogP contribution in [0.2, 0.25) is 0 Å². The number of carboxylic acid groups (broad SMARTS) is 1. The van der Waals surface area contributed by atoms with E-state index < -0.39 is 5.97 Å². The molecule has 0 aliphatic carbocycles. The Morgan fingerprint density at radius 2 is 2.17 bits per heavy atom. The molecule has 0 bridgehead atoms. The zero-order chi connectivity index (χ0) is 13.5. The van der Waals surface area contributed by atoms with Crippen LogP contribution in [0.4, 0.5) is 0 Å². The highest BCUT2D eigenvalue weighted by Gasteiger charge is 2.08. The van der Waals surface area contributed by atoms with Gasteiger partial charge in [-0.1, -0.05) is 0 Å². The molecule has 7 heteroatoms. The number of aliphatic carboxylic acids is 1. The number of nitrogens with one attached hydrogen (secondary N) is 2. The van der Waals surface area contributed by atoms with E-state index in [1.165, 1.54) is 24.5 Å². The molecule has 1 aromatic rings. The lowest BCUT2D eigenvalue weighted by atomic mass is 10.3. The summed E-state index contributed by atoms with van der Waals surface area (Å²) in [5, 5.41) is 14.9. The quantitative estimate of drug-likeness (QED) is 0.670. The van der Waals surface area contributed by atoms with Crippen molar-refractivity contribution >= 4 is 35.2 Å². The van der Waals surface area contributed by atoms with Crippen LogP contribution in [-0.2, 0) is 9.59 Å². The molecule has 1 aromatic heterocycles. The maximum absolute atomic E-state index is 11.6. The average molecular weight is 268 g/mol. The number of amides is 2. The van der Waals surface area contributed by atoms with E-state index >= 15 is 0 Å². The van der Waals surface area contributed by atoms with Crippen molar-refractivity contribution in [3.63, 3.8) is 0 Å². The zero-order valence-electron chi connectivity index (χ0n) is 9.60. The summed E-state index contributed by atoms with van der Waals surface area (Å²) >= 11 is 1.25. The summed E-state index contributed by atoms with van der Waals surface area (Å²) in [6, 6.07) is 1.56. The highest BCUT2D eigenvalue weighted by Crippen LogP contribution is 2.16. The molecule has 0 saturated heterocycles. The Bertz CT molecular complexity index is 493. The number of carbonyl (C=O) groups excluding carboxylic acids is 2. The van der Waals surface area contributed by atoms with Gasteiger partial charge < -0.3 is 15.7 Å². The number of rotatable bonds is 5. The van der Waals surface area contributed by atoms with E-state index in [9.17, 15) is 14.4 Å². The van der Waals surface area contributed by atoms with Gasteiger partial charge >= 0.3 is 5.97 Å². The molecule has 0 radical (unpaired) electrons. The normalized spacial score (nSPS) is 10.3. The van der Waals surface area contributed by atoms with Crippen LogP contribution in [0.5, 0.6) is 0 Å². The number of hydrogen-bond donors (Lipinski definition) is 3. The van der Waals surface area contributed by atoms with E-state index in [2.05, 4.69) is 10.6 Å². The fourth-order valence-corrected chi connectivity index (χ4v) is 1.84. The summed E-state index contributed by atoms with van der Waals surface area (Å²) in [7, 11) is 1.48. The fraction of sp³-hybridized carbons (Fsp3) is 0.182. The molecule has 1 rings (SSSR count). The molecular formula is C11H12N2O4S. The molecule has 0 aliphatic heterocycles. The van der Waals surface area contributed by atoms with Crippen molar-refractivity contribution in [2.75, 3.05) is 13.6 Å². The van der Waals surface area contributed by atoms with Crippen LogP contribution in [0.1, 0.15) is 15.2 Å². The standard InChI is InChI=1S/C11H12N2O4S/c1-12-9(14)5-13-11(17)7-4-8(18-6-7)2-3-10(15)16/h2-4,6H,5H2,1H3,(H,12,14)(H,13,17)(H,15,16). The summed E-state index contributed by atoms with van der Waals surface area (Å²) in [5.41, 5.74) is 0.397. The molecule has 0 fully saturated rings. The summed E-state index contributed by atoms with van der Waals surface area (Å²) < 4.78 is 0. The van der Waals surface area contributed by atoms with Gasteiger partial charge in [0.2, 0.25) is 5.91 Å². The first kappa shape index (κ1) is 13.9. The molecule has 3 N–H and O–H groups in total. The first-order valence-electron chi connectivity index (χ1n) is 5.01. The van der Waals surface area contributed by atoms with Crippen molar-refractivity contribution in [2.45, 2.75) is 0 Å². The summed E-state index contributed by atoms with van der Waals surface area (Å²) in [6.45, 7) is -0.0918. The third-order valence-electron chi connectivity index (χ3n) is 1.96. The van der Waals surface area contributed by atoms with Crippen molar-refractivity contribution in [3.05, 3.63) is 28.0 Å². The van der Waals surface area contributed by atoms with E-state index in [4.69, 9.17) is 5.11 Å². The van der Waals surface area contributed by atoms with E-state index in [1.807, 2.05) is 0 Å². The van der Waals surface area contributed by atoms with E-state index in [1.54, 1.807) is 11.4 Å². The summed E-state index contributed by atoms with van der Waals surface area (Å²) in [6.07, 6.45) is 2.40. The zero-order valence-corrected chi connectivity index (χ0v) is 10.4. The van der Waals surface area contributed by atoms with Gasteiger partial charge in [0.05, 0.1) is 12.1 Å². The monoisotopic (exact) mass is 268 g/mol. The molecule has 1 heterocycles. The highest BCUT2D eigenvalue weighted by molar-refractivity contribution is 7.11. The van der Waals surface area contributed by atoms with Crippen molar-refractivity contribution in [2.24, 2.45) is 0 Å². The lowest BCUT2D eigenvalue weighted by Crippen LogP contribution is -2.34. The van der Waals surface area contributed by atoms with Crippen LogP contribution < -0.4 is 10.6 Å². The first-order chi connectivity index (χ1) is 8.52. The number of hydrogen-bond acceptors (Lipinski definition) is 4. The molecule has 18 heavy (non-hydrogen) atoms. The molecule has 96 valence electrons. The molecule has 0 spiro atoms. The first-order valence-corrected chi connectivity index (χ1v) is 5.89. The van der Waals surface area contributed by atoms with Crippen molar-refractivity contribution in [1.29, 1.82) is 0 Å². The minimum Gasteiger partial charge on any atom is -0.478 e. The maximum Gasteiger partial charge on any atom is 0.328 e. The third kappa shape index (κ3) is 4.38. The van der Waals surface area contributed by atoms with Crippen LogP contribution in [-0.4, -0.2) is 36.5 Å². The van der Waals surface area contributed by atoms with E-state index in [-0.39, 0.29) is 18.4 Å². The van der Waals surface area contributed by atoms with Gasteiger partial charge in [0.1, 0.15) is 0 Å². The van der Waals surface area contributed by atoms with Gasteiger partial charge in [-0.2, -0.15) is 0 Å². The second-order valence-corrected chi connectivity index (χ2v) is 4.21. The predicted molar refractivity (Wildman–Crippen MR) is 67.4 cm³/mol. The van der Waals surface area contributed by atoms with Gasteiger partial charge in [0, 0.05) is 23.4 Å². The largest absolute Gasteiger partial charge is 0.478 e. The molecule has 0 unspecified atom stereocenters. The number of thiophene rings is 1. The van der Waals surface area contributed by atoms with Gasteiger partial charge in [0.25, 0.3) is 5.91 Å². The minimum atomic E-state index is -1.05. The lowest BCUT2D eigenvalue weighted by Gasteiger charge is -2.01. The average Bonchev–Trinajstić information content (AvgIpc) is 2.81. The van der Waals surface area contributed by atoms with Crippen molar-refractivity contribution in [3.8, 4) is 0 Å². The Morgan fingerprint density at radius 1 is 1.44 bits per heavy atom. The fourth-order valence-electron chi connectivity index (χ4n) is 1.06. The SMILES string of the molecule is CNC(=O)CNC(=O)c1csc(C=CC(=O)O)c1. The highest BCUT2D eigenvalue weighted by atomic mass is 32.1. The molecule has 6 nitrogen and oxygen atoms in total. The second-order valence-electron chi connectivity index (χ2n) is 3.27. The number of carboxylic acids is 1. The Hall–Kier alpha value is -2.15. The Morgan fingerprint density at radius 3 is 2.78 bits per heavy atom. The lowest BCUT2D eigenvalue weighted by molar-refractivity contribution is -0.131. The summed E-state index contributed by atoms with van der Waals surface area (Å²) in [4.78, 5) is 33.5. The third-order valence-corrected chi connectivity index (χ3v) is 2.86. The van der Waals surface area contributed by atoms with Crippen LogP contribution in [0.3, 0.4) is 0 Å². The molecule has 0 aliphatic rings. The molecular weight excluding hydrogens is 256 g/mol. The molecule has 0 saturated carbocycles. The number of likely N-dealkylation sites (N-methyl/N-ethyl adjacent to an activating group) is 1. The van der Waals surface area contributed by atoms with Crippen LogP contribution in [0.25, 0.3) is 6.08 Å². The van der Waals surface area contributed by atoms with E-state index in [0.717, 1.165) is 6.08 Å². The van der Waals surface area contributed by atoms with Gasteiger partial charge in [-0.3, -0.25) is 9.59 Å². The second kappa shape index (κ2) is 6.55. The van der Waals surface area contributed by atoms with Crippen molar-refractivity contribution in [1.82, 2.24) is 10.6 Å². The van der Waals surface area contributed by atoms with Crippen LogP contribution >= 0.6 is 11.3 Å². The van der Waals surface area contributed by atoms with Crippen molar-refractivity contribution < 1.29 is 19.5 Å². The smallest absolute Gasteiger partial charge is 0.328 e. The Labute approximate surface area is 107 Å². The summed E-state index contributed by atoms with van der Waals surface area (Å²) in [5.74, 6) is -1.71. The molecule has 2 amide bonds. The van der Waals surface area contributed by atoms with Crippen LogP contribution in [0, 0.1) is 0 Å². The van der Waals surface area contributed by atoms with Gasteiger partial charge in [0.15, 0.2) is 0 Å². The van der Waals surface area contributed by atoms with E-state index in [0.29, 0.717) is 10.4 Å². The van der Waals surface area contributed by atoms with Gasteiger partial charge in [-0.15, -0.1) is 11.3 Å². The number of carbonyl (C=O) groups is 3. The predicted octanol–water partition coefficient (Wildman–Crippen LogP) is 0.322. The minimum absolute atomic E-state index is 0.0918. The Kier molecular flexibility index (Phi) is 5.06. The maximum atomic E-state index is 11.6.